The van der Waals surface area contributed by atoms with E-state index in [-0.39, 0.29) is 49.2 Å². The summed E-state index contributed by atoms with van der Waals surface area (Å²) in [7, 11) is 0. The first-order valence-electron chi connectivity index (χ1n) is 5.37. The summed E-state index contributed by atoms with van der Waals surface area (Å²) in [6, 6.07) is 9.41. The van der Waals surface area contributed by atoms with E-state index < -0.39 is 0 Å². The summed E-state index contributed by atoms with van der Waals surface area (Å²) in [5, 5.41) is 35.3. The molecule has 100 valence electrons. The van der Waals surface area contributed by atoms with Crippen molar-refractivity contribution in [1.82, 2.24) is 0 Å². The van der Waals surface area contributed by atoms with Crippen molar-refractivity contribution >= 4 is 0 Å². The maximum absolute atomic E-state index is 8.85. The van der Waals surface area contributed by atoms with Crippen LogP contribution in [0.25, 0.3) is 0 Å². The molecule has 0 amide bonds. The molecule has 2 aromatic rings. The standard InChI is InChI=1S/2C7H8O2.Zr/c2*1-5-2-3-6(8)7(9)4-5;/h2*2-4,8-9H,1H3;. The van der Waals surface area contributed by atoms with Gasteiger partial charge in [-0.15, -0.1) is 0 Å². The predicted octanol–water partition coefficient (Wildman–Crippen LogP) is 2.81. The summed E-state index contributed by atoms with van der Waals surface area (Å²) in [4.78, 5) is 0. The van der Waals surface area contributed by atoms with Crippen LogP contribution in [-0.2, 0) is 26.2 Å². The summed E-state index contributed by atoms with van der Waals surface area (Å²) in [5.74, 6) is -0.258. The summed E-state index contributed by atoms with van der Waals surface area (Å²) >= 11 is 0. The Morgan fingerprint density at radius 3 is 1.11 bits per heavy atom. The molecule has 2 rings (SSSR count). The van der Waals surface area contributed by atoms with E-state index in [0.29, 0.717) is 0 Å². The molecule has 0 fully saturated rings. The average Bonchev–Trinajstić information content (AvgIpc) is 2.30. The first kappa shape index (κ1) is 17.5. The molecule has 4 nitrogen and oxygen atoms in total. The van der Waals surface area contributed by atoms with Gasteiger partial charge in [0.15, 0.2) is 23.0 Å². The second kappa shape index (κ2) is 7.85. The molecule has 0 bridgehead atoms. The van der Waals surface area contributed by atoms with E-state index >= 15 is 0 Å². The minimum Gasteiger partial charge on any atom is -0.504 e. The molecule has 2 aromatic carbocycles. The monoisotopic (exact) mass is 338 g/mol. The van der Waals surface area contributed by atoms with Crippen molar-refractivity contribution < 1.29 is 46.6 Å². The van der Waals surface area contributed by atoms with E-state index in [2.05, 4.69) is 0 Å². The smallest absolute Gasteiger partial charge is 0.157 e. The van der Waals surface area contributed by atoms with Crippen molar-refractivity contribution in [3.63, 3.8) is 0 Å². The Morgan fingerprint density at radius 1 is 0.579 bits per heavy atom. The van der Waals surface area contributed by atoms with Crippen LogP contribution >= 0.6 is 0 Å². The number of benzene rings is 2. The second-order valence-corrected chi connectivity index (χ2v) is 3.98. The first-order valence-corrected chi connectivity index (χ1v) is 5.37. The van der Waals surface area contributed by atoms with Crippen molar-refractivity contribution in [3.05, 3.63) is 47.5 Å². The van der Waals surface area contributed by atoms with Crippen molar-refractivity contribution in [2.75, 3.05) is 0 Å². The van der Waals surface area contributed by atoms with Crippen molar-refractivity contribution in [3.8, 4) is 23.0 Å². The molecule has 5 heteroatoms. The van der Waals surface area contributed by atoms with Crippen LogP contribution in [0.2, 0.25) is 0 Å². The fraction of sp³-hybridized carbons (Fsp3) is 0.143. The Hall–Kier alpha value is -1.48. The van der Waals surface area contributed by atoms with Crippen molar-refractivity contribution in [1.29, 1.82) is 0 Å². The van der Waals surface area contributed by atoms with Crippen molar-refractivity contribution in [2.45, 2.75) is 13.8 Å². The molecule has 0 radical (unpaired) electrons. The molecular formula is C14H16O4Zr. The van der Waals surface area contributed by atoms with Crippen LogP contribution in [0.15, 0.2) is 36.4 Å². The largest absolute Gasteiger partial charge is 0.504 e. The van der Waals surface area contributed by atoms with Gasteiger partial charge >= 0.3 is 0 Å². The van der Waals surface area contributed by atoms with Gasteiger partial charge in [-0.1, -0.05) is 12.1 Å². The van der Waals surface area contributed by atoms with E-state index in [9.17, 15) is 0 Å². The normalized spacial score (nSPS) is 8.95. The number of phenolic OH excluding ortho intramolecular Hbond substituents is 4. The first-order chi connectivity index (χ1) is 8.40. The van der Waals surface area contributed by atoms with E-state index in [4.69, 9.17) is 20.4 Å². The van der Waals surface area contributed by atoms with Gasteiger partial charge in [-0.05, 0) is 49.2 Å². The molecule has 0 aliphatic heterocycles. The van der Waals surface area contributed by atoms with E-state index in [1.165, 1.54) is 24.3 Å². The SMILES string of the molecule is Cc1ccc(O)c(O)c1.Cc1ccc(O)c(O)c1.[Zr]. The third-order valence-corrected chi connectivity index (χ3v) is 2.26. The van der Waals surface area contributed by atoms with Gasteiger partial charge in [-0.25, -0.2) is 0 Å². The molecule has 0 aliphatic carbocycles. The van der Waals surface area contributed by atoms with E-state index in [1.54, 1.807) is 12.1 Å². The minimum absolute atomic E-state index is 0. The zero-order valence-corrected chi connectivity index (χ0v) is 13.2. The molecular weight excluding hydrogens is 323 g/mol. The number of rotatable bonds is 0. The summed E-state index contributed by atoms with van der Waals surface area (Å²) in [6.07, 6.45) is 0. The number of hydrogen-bond acceptors (Lipinski definition) is 4. The van der Waals surface area contributed by atoms with Crippen LogP contribution < -0.4 is 0 Å². The van der Waals surface area contributed by atoms with Gasteiger partial charge in [0.25, 0.3) is 0 Å². The Labute approximate surface area is 131 Å². The molecule has 19 heavy (non-hydrogen) atoms. The zero-order chi connectivity index (χ0) is 13.7. The van der Waals surface area contributed by atoms with E-state index in [1.807, 2.05) is 13.8 Å². The van der Waals surface area contributed by atoms with Gasteiger partial charge in [0.05, 0.1) is 0 Å². The topological polar surface area (TPSA) is 80.9 Å². The number of aryl methyl sites for hydroxylation is 2. The van der Waals surface area contributed by atoms with Crippen LogP contribution in [0.4, 0.5) is 0 Å². The van der Waals surface area contributed by atoms with Gasteiger partial charge in [0.1, 0.15) is 0 Å². The van der Waals surface area contributed by atoms with Gasteiger partial charge < -0.3 is 20.4 Å². The summed E-state index contributed by atoms with van der Waals surface area (Å²) < 4.78 is 0. The summed E-state index contributed by atoms with van der Waals surface area (Å²) in [5.41, 5.74) is 1.87. The molecule has 0 aromatic heterocycles. The predicted molar refractivity (Wildman–Crippen MR) is 69.0 cm³/mol. The van der Waals surface area contributed by atoms with Crippen LogP contribution in [0, 0.1) is 13.8 Å². The van der Waals surface area contributed by atoms with E-state index in [0.717, 1.165) is 11.1 Å². The Balaban J connectivity index is 0.000000324. The van der Waals surface area contributed by atoms with Crippen LogP contribution in [0.3, 0.4) is 0 Å². The molecule has 4 N–H and O–H groups in total. The third kappa shape index (κ3) is 5.80. The Kier molecular flexibility index (Phi) is 7.24. The fourth-order valence-electron chi connectivity index (χ4n) is 1.27. The molecule has 0 saturated heterocycles. The molecule has 0 spiro atoms. The zero-order valence-electron chi connectivity index (χ0n) is 10.8. The molecule has 0 aliphatic rings. The molecule has 0 saturated carbocycles. The minimum atomic E-state index is -0.0689. The maximum atomic E-state index is 8.85. The van der Waals surface area contributed by atoms with Gasteiger partial charge in [-0.2, -0.15) is 0 Å². The number of hydrogen-bond donors (Lipinski definition) is 4. The number of aromatic hydroxyl groups is 4. The number of phenols is 4. The Bertz CT molecular complexity index is 491. The van der Waals surface area contributed by atoms with Gasteiger partial charge in [-0.3, -0.25) is 0 Å². The maximum Gasteiger partial charge on any atom is 0.157 e. The fourth-order valence-corrected chi connectivity index (χ4v) is 1.27. The molecule has 0 atom stereocenters. The van der Waals surface area contributed by atoms with Gasteiger partial charge in [0, 0.05) is 26.2 Å². The quantitative estimate of drug-likeness (QED) is 0.556. The summed E-state index contributed by atoms with van der Waals surface area (Å²) in [6.45, 7) is 3.69. The van der Waals surface area contributed by atoms with Crippen LogP contribution in [0.1, 0.15) is 11.1 Å². The van der Waals surface area contributed by atoms with Crippen LogP contribution in [-0.4, -0.2) is 20.4 Å². The molecule has 0 unspecified atom stereocenters. The Morgan fingerprint density at radius 2 is 0.895 bits per heavy atom. The molecule has 0 heterocycles. The van der Waals surface area contributed by atoms with Crippen molar-refractivity contribution in [2.24, 2.45) is 0 Å². The third-order valence-electron chi connectivity index (χ3n) is 2.26. The van der Waals surface area contributed by atoms with Crippen LogP contribution in [0.5, 0.6) is 23.0 Å². The second-order valence-electron chi connectivity index (χ2n) is 3.98. The van der Waals surface area contributed by atoms with Gasteiger partial charge in [0.2, 0.25) is 0 Å². The average molecular weight is 340 g/mol.